The van der Waals surface area contributed by atoms with Gasteiger partial charge < -0.3 is 5.32 Å². The molecule has 0 unspecified atom stereocenters. The summed E-state index contributed by atoms with van der Waals surface area (Å²) >= 11 is 7.69. The van der Waals surface area contributed by atoms with Gasteiger partial charge in [0.15, 0.2) is 5.13 Å². The van der Waals surface area contributed by atoms with Crippen molar-refractivity contribution in [2.75, 3.05) is 11.9 Å². The lowest BCUT2D eigenvalue weighted by atomic mass is 10.1. The Hall–Kier alpha value is -1.65. The van der Waals surface area contributed by atoms with E-state index in [2.05, 4.69) is 10.3 Å². The van der Waals surface area contributed by atoms with E-state index in [1.54, 1.807) is 17.4 Å². The smallest absolute Gasteiger partial charge is 0.183 e. The predicted molar refractivity (Wildman–Crippen MR) is 88.0 cm³/mol. The molecule has 3 aromatic rings. The van der Waals surface area contributed by atoms with Crippen molar-refractivity contribution >= 4 is 38.3 Å². The molecule has 0 amide bonds. The molecule has 0 aliphatic heterocycles. The fourth-order valence-electron chi connectivity index (χ4n) is 2.23. The summed E-state index contributed by atoms with van der Waals surface area (Å²) in [4.78, 5) is 4.50. The quantitative estimate of drug-likeness (QED) is 0.727. The predicted octanol–water partition coefficient (Wildman–Crippen LogP) is 5.05. The molecule has 1 heterocycles. The fraction of sp³-hybridized carbons (Fsp3) is 0.188. The second-order valence-electron chi connectivity index (χ2n) is 4.85. The first-order valence-electron chi connectivity index (χ1n) is 6.67. The lowest BCUT2D eigenvalue weighted by molar-refractivity contribution is 0.625. The van der Waals surface area contributed by atoms with Crippen LogP contribution in [0, 0.1) is 12.7 Å². The zero-order chi connectivity index (χ0) is 14.8. The minimum absolute atomic E-state index is 0.190. The van der Waals surface area contributed by atoms with Crippen molar-refractivity contribution in [3.8, 4) is 0 Å². The molecule has 5 heteroatoms. The Kier molecular flexibility index (Phi) is 4.08. The number of rotatable bonds is 4. The Balaban J connectivity index is 1.68. The first-order chi connectivity index (χ1) is 10.1. The largest absolute Gasteiger partial charge is 0.361 e. The number of anilines is 1. The molecule has 0 aliphatic carbocycles. The van der Waals surface area contributed by atoms with Gasteiger partial charge in [0.25, 0.3) is 0 Å². The molecular formula is C16H14ClFN2S. The van der Waals surface area contributed by atoms with Gasteiger partial charge in [0.05, 0.1) is 15.2 Å². The second kappa shape index (κ2) is 6.00. The highest BCUT2D eigenvalue weighted by Crippen LogP contribution is 2.31. The molecule has 0 radical (unpaired) electrons. The monoisotopic (exact) mass is 320 g/mol. The van der Waals surface area contributed by atoms with Crippen LogP contribution in [-0.4, -0.2) is 11.5 Å². The number of fused-ring (bicyclic) bond motifs is 1. The minimum Gasteiger partial charge on any atom is -0.361 e. The van der Waals surface area contributed by atoms with Crippen molar-refractivity contribution in [3.05, 3.63) is 58.4 Å². The standard InChI is InChI=1S/C16H14ClFN2S/c1-10-9-12(18)6-5-11(10)7-8-19-16-20-14-4-2-3-13(17)15(14)21-16/h2-6,9H,7-8H2,1H3,(H,19,20). The molecule has 0 fully saturated rings. The Morgan fingerprint density at radius 1 is 1.29 bits per heavy atom. The van der Waals surface area contributed by atoms with E-state index in [0.29, 0.717) is 0 Å². The van der Waals surface area contributed by atoms with Gasteiger partial charge in [0, 0.05) is 6.54 Å². The minimum atomic E-state index is -0.190. The molecule has 0 bridgehead atoms. The van der Waals surface area contributed by atoms with E-state index in [1.165, 1.54) is 6.07 Å². The third-order valence-electron chi connectivity index (χ3n) is 3.34. The summed E-state index contributed by atoms with van der Waals surface area (Å²) in [6.07, 6.45) is 0.829. The summed E-state index contributed by atoms with van der Waals surface area (Å²) in [5.74, 6) is -0.190. The third-order valence-corrected chi connectivity index (χ3v) is 4.83. The summed E-state index contributed by atoms with van der Waals surface area (Å²) in [5.41, 5.74) is 3.03. The van der Waals surface area contributed by atoms with E-state index >= 15 is 0 Å². The van der Waals surface area contributed by atoms with Crippen molar-refractivity contribution in [3.63, 3.8) is 0 Å². The number of thiazole rings is 1. The number of hydrogen-bond acceptors (Lipinski definition) is 3. The summed E-state index contributed by atoms with van der Waals surface area (Å²) in [6.45, 7) is 2.68. The average Bonchev–Trinajstić information content (AvgIpc) is 2.86. The highest BCUT2D eigenvalue weighted by molar-refractivity contribution is 7.22. The Morgan fingerprint density at radius 2 is 2.14 bits per heavy atom. The van der Waals surface area contributed by atoms with Crippen LogP contribution in [0.3, 0.4) is 0 Å². The van der Waals surface area contributed by atoms with Crippen LogP contribution < -0.4 is 5.32 Å². The van der Waals surface area contributed by atoms with Gasteiger partial charge in [-0.2, -0.15) is 0 Å². The maximum absolute atomic E-state index is 13.1. The van der Waals surface area contributed by atoms with Crippen molar-refractivity contribution < 1.29 is 4.39 Å². The van der Waals surface area contributed by atoms with E-state index in [4.69, 9.17) is 11.6 Å². The molecule has 1 aromatic heterocycles. The number of benzene rings is 2. The SMILES string of the molecule is Cc1cc(F)ccc1CCNc1nc2cccc(Cl)c2s1. The van der Waals surface area contributed by atoms with Crippen LogP contribution in [0.5, 0.6) is 0 Å². The molecular weight excluding hydrogens is 307 g/mol. The molecule has 2 aromatic carbocycles. The Labute approximate surface area is 131 Å². The van der Waals surface area contributed by atoms with Crippen LogP contribution in [0.1, 0.15) is 11.1 Å². The maximum Gasteiger partial charge on any atom is 0.183 e. The lowest BCUT2D eigenvalue weighted by Gasteiger charge is -2.06. The fourth-order valence-corrected chi connectivity index (χ4v) is 3.42. The summed E-state index contributed by atoms with van der Waals surface area (Å²) in [7, 11) is 0. The summed E-state index contributed by atoms with van der Waals surface area (Å²) < 4.78 is 14.1. The second-order valence-corrected chi connectivity index (χ2v) is 6.26. The number of aryl methyl sites for hydroxylation is 1. The number of nitrogens with one attached hydrogen (secondary N) is 1. The highest BCUT2D eigenvalue weighted by atomic mass is 35.5. The van der Waals surface area contributed by atoms with Gasteiger partial charge in [0.1, 0.15) is 5.82 Å². The number of hydrogen-bond donors (Lipinski definition) is 1. The van der Waals surface area contributed by atoms with Crippen molar-refractivity contribution in [2.45, 2.75) is 13.3 Å². The topological polar surface area (TPSA) is 24.9 Å². The molecule has 108 valence electrons. The number of halogens is 2. The van der Waals surface area contributed by atoms with Crippen LogP contribution in [-0.2, 0) is 6.42 Å². The molecule has 0 saturated heterocycles. The molecule has 3 rings (SSSR count). The molecule has 1 N–H and O–H groups in total. The first-order valence-corrected chi connectivity index (χ1v) is 7.87. The molecule has 0 saturated carbocycles. The van der Waals surface area contributed by atoms with Gasteiger partial charge in [-0.05, 0) is 48.7 Å². The molecule has 2 nitrogen and oxygen atoms in total. The van der Waals surface area contributed by atoms with Crippen LogP contribution >= 0.6 is 22.9 Å². The van der Waals surface area contributed by atoms with E-state index in [1.807, 2.05) is 31.2 Å². The zero-order valence-corrected chi connectivity index (χ0v) is 13.1. The van der Waals surface area contributed by atoms with Crippen LogP contribution in [0.4, 0.5) is 9.52 Å². The van der Waals surface area contributed by atoms with Crippen LogP contribution in [0.25, 0.3) is 10.2 Å². The summed E-state index contributed by atoms with van der Waals surface area (Å²) in [5, 5.41) is 4.89. The lowest BCUT2D eigenvalue weighted by Crippen LogP contribution is -2.05. The molecule has 0 atom stereocenters. The van der Waals surface area contributed by atoms with E-state index in [0.717, 1.165) is 44.5 Å². The van der Waals surface area contributed by atoms with Crippen molar-refractivity contribution in [1.82, 2.24) is 4.98 Å². The van der Waals surface area contributed by atoms with Crippen LogP contribution in [0.2, 0.25) is 5.02 Å². The van der Waals surface area contributed by atoms with Gasteiger partial charge in [-0.25, -0.2) is 9.37 Å². The van der Waals surface area contributed by atoms with E-state index in [9.17, 15) is 4.39 Å². The normalized spacial score (nSPS) is 11.0. The van der Waals surface area contributed by atoms with Gasteiger partial charge in [-0.1, -0.05) is 35.1 Å². The third kappa shape index (κ3) is 3.17. The Morgan fingerprint density at radius 3 is 2.90 bits per heavy atom. The Bertz CT molecular complexity index is 785. The molecule has 21 heavy (non-hydrogen) atoms. The van der Waals surface area contributed by atoms with Gasteiger partial charge in [-0.3, -0.25) is 0 Å². The van der Waals surface area contributed by atoms with Gasteiger partial charge >= 0.3 is 0 Å². The van der Waals surface area contributed by atoms with Crippen molar-refractivity contribution in [2.24, 2.45) is 0 Å². The number of nitrogens with zero attached hydrogens (tertiary/aromatic N) is 1. The average molecular weight is 321 g/mol. The zero-order valence-electron chi connectivity index (χ0n) is 11.5. The first kappa shape index (κ1) is 14.3. The van der Waals surface area contributed by atoms with Crippen LogP contribution in [0.15, 0.2) is 36.4 Å². The van der Waals surface area contributed by atoms with Gasteiger partial charge in [0.2, 0.25) is 0 Å². The van der Waals surface area contributed by atoms with Crippen molar-refractivity contribution in [1.29, 1.82) is 0 Å². The molecule has 0 spiro atoms. The van der Waals surface area contributed by atoms with E-state index < -0.39 is 0 Å². The van der Waals surface area contributed by atoms with Gasteiger partial charge in [-0.15, -0.1) is 0 Å². The van der Waals surface area contributed by atoms with E-state index in [-0.39, 0.29) is 5.82 Å². The summed E-state index contributed by atoms with van der Waals surface area (Å²) in [6, 6.07) is 10.6. The molecule has 0 aliphatic rings. The highest BCUT2D eigenvalue weighted by Gasteiger charge is 2.06. The number of aromatic nitrogens is 1. The maximum atomic E-state index is 13.1.